The number of hydrogen-bond donors (Lipinski definition) is 1. The molecule has 0 bridgehead atoms. The quantitative estimate of drug-likeness (QED) is 0.494. The van der Waals surface area contributed by atoms with Gasteiger partial charge >= 0.3 is 0 Å². The Morgan fingerprint density at radius 1 is 0.941 bits per heavy atom. The predicted molar refractivity (Wildman–Crippen MR) is 135 cm³/mol. The second-order valence-electron chi connectivity index (χ2n) is 8.87. The largest absolute Gasteiger partial charge is 0.368 e. The lowest BCUT2D eigenvalue weighted by atomic mass is 10.1. The fourth-order valence-corrected chi connectivity index (χ4v) is 4.76. The van der Waals surface area contributed by atoms with Crippen molar-refractivity contribution >= 4 is 34.1 Å². The molecule has 34 heavy (non-hydrogen) atoms. The summed E-state index contributed by atoms with van der Waals surface area (Å²) in [5, 5.41) is 8.38. The summed E-state index contributed by atoms with van der Waals surface area (Å²) in [6, 6.07) is 14.6. The van der Waals surface area contributed by atoms with E-state index in [1.807, 2.05) is 19.9 Å². The van der Waals surface area contributed by atoms with Gasteiger partial charge in [0, 0.05) is 37.6 Å². The van der Waals surface area contributed by atoms with Gasteiger partial charge in [-0.2, -0.15) is 5.10 Å². The number of fused-ring (bicyclic) bond motifs is 1. The lowest BCUT2D eigenvalue weighted by Crippen LogP contribution is -2.46. The molecule has 0 atom stereocenters. The highest BCUT2D eigenvalue weighted by Gasteiger charge is 2.22. The Labute approximate surface area is 199 Å². The molecule has 3 heterocycles. The van der Waals surface area contributed by atoms with Crippen molar-refractivity contribution in [1.82, 2.24) is 19.7 Å². The average molecular weight is 456 g/mol. The molecule has 0 radical (unpaired) electrons. The van der Waals surface area contributed by atoms with Crippen molar-refractivity contribution in [3.63, 3.8) is 0 Å². The van der Waals surface area contributed by atoms with E-state index in [0.717, 1.165) is 54.2 Å². The van der Waals surface area contributed by atoms with Crippen LogP contribution in [0.4, 0.5) is 17.2 Å². The van der Waals surface area contributed by atoms with Crippen molar-refractivity contribution in [2.75, 3.05) is 41.3 Å². The highest BCUT2D eigenvalue weighted by molar-refractivity contribution is 5.94. The summed E-state index contributed by atoms with van der Waals surface area (Å²) in [6.45, 7) is 9.72. The van der Waals surface area contributed by atoms with Gasteiger partial charge in [0.25, 0.3) is 0 Å². The molecular weight excluding hydrogens is 426 g/mol. The van der Waals surface area contributed by atoms with Crippen molar-refractivity contribution < 1.29 is 4.79 Å². The lowest BCUT2D eigenvalue weighted by molar-refractivity contribution is -0.116. The number of carbonyl (C=O) groups is 1. The van der Waals surface area contributed by atoms with Crippen LogP contribution in [0.3, 0.4) is 0 Å². The molecule has 5 rings (SSSR count). The van der Waals surface area contributed by atoms with Crippen LogP contribution >= 0.6 is 0 Å². The van der Waals surface area contributed by atoms with E-state index in [-0.39, 0.29) is 12.5 Å². The molecule has 1 amide bonds. The molecule has 0 spiro atoms. The van der Waals surface area contributed by atoms with Crippen LogP contribution in [0.15, 0.2) is 55.0 Å². The molecule has 174 valence electrons. The summed E-state index contributed by atoms with van der Waals surface area (Å²) >= 11 is 0. The minimum Gasteiger partial charge on any atom is -0.368 e. The smallest absolute Gasteiger partial charge is 0.246 e. The zero-order valence-corrected chi connectivity index (χ0v) is 19.8. The third kappa shape index (κ3) is 4.31. The van der Waals surface area contributed by atoms with Crippen molar-refractivity contribution in [2.24, 2.45) is 0 Å². The standard InChI is InChI=1S/C26H29N7O/c1-18-13-19(2)24(20(3)14-18)30-23(34)16-33-26-22(15-29-33)25(27-17-28-26)32-11-9-31(10-12-32)21-7-5-4-6-8-21/h4-8,13-15,17H,9-12,16H2,1-3H3,(H,30,34). The molecule has 8 heteroatoms. The molecule has 1 N–H and O–H groups in total. The first-order chi connectivity index (χ1) is 16.5. The molecule has 2 aromatic carbocycles. The summed E-state index contributed by atoms with van der Waals surface area (Å²) in [5.41, 5.74) is 6.06. The van der Waals surface area contributed by atoms with E-state index in [1.165, 1.54) is 11.3 Å². The third-order valence-electron chi connectivity index (χ3n) is 6.35. The number of hydrogen-bond acceptors (Lipinski definition) is 6. The number of nitrogens with one attached hydrogen (secondary N) is 1. The predicted octanol–water partition coefficient (Wildman–Crippen LogP) is 3.72. The number of carbonyl (C=O) groups excluding carboxylic acids is 1. The van der Waals surface area contributed by atoms with Gasteiger partial charge in [-0.3, -0.25) is 4.79 Å². The topological polar surface area (TPSA) is 79.2 Å². The van der Waals surface area contributed by atoms with Crippen LogP contribution in [-0.2, 0) is 11.3 Å². The van der Waals surface area contributed by atoms with Crippen LogP contribution in [-0.4, -0.2) is 51.8 Å². The third-order valence-corrected chi connectivity index (χ3v) is 6.35. The van der Waals surface area contributed by atoms with Gasteiger partial charge in [0.05, 0.1) is 11.6 Å². The molecule has 1 saturated heterocycles. The number of benzene rings is 2. The summed E-state index contributed by atoms with van der Waals surface area (Å²) in [5.74, 6) is 0.742. The Bertz CT molecular complexity index is 1300. The van der Waals surface area contributed by atoms with Crippen molar-refractivity contribution in [3.05, 3.63) is 71.7 Å². The molecule has 2 aromatic heterocycles. The second kappa shape index (κ2) is 9.13. The maximum absolute atomic E-state index is 12.8. The van der Waals surface area contributed by atoms with E-state index in [9.17, 15) is 4.79 Å². The SMILES string of the molecule is Cc1cc(C)c(NC(=O)Cn2ncc3c(N4CCN(c5ccccc5)CC4)ncnc32)c(C)c1. The first-order valence-electron chi connectivity index (χ1n) is 11.6. The molecule has 1 aliphatic rings. The van der Waals surface area contributed by atoms with Gasteiger partial charge in [0.2, 0.25) is 5.91 Å². The van der Waals surface area contributed by atoms with E-state index in [4.69, 9.17) is 0 Å². The van der Waals surface area contributed by atoms with Crippen LogP contribution in [0.5, 0.6) is 0 Å². The first-order valence-corrected chi connectivity index (χ1v) is 11.6. The zero-order valence-electron chi connectivity index (χ0n) is 19.8. The minimum atomic E-state index is -0.128. The van der Waals surface area contributed by atoms with E-state index in [2.05, 4.69) is 73.5 Å². The fraction of sp³-hybridized carbons (Fsp3) is 0.308. The molecule has 0 saturated carbocycles. The average Bonchev–Trinajstić information content (AvgIpc) is 3.25. The Kier molecular flexibility index (Phi) is 5.88. The van der Waals surface area contributed by atoms with Gasteiger partial charge in [-0.05, 0) is 44.0 Å². The van der Waals surface area contributed by atoms with Crippen molar-refractivity contribution in [3.8, 4) is 0 Å². The molecule has 4 aromatic rings. The number of aromatic nitrogens is 4. The fourth-order valence-electron chi connectivity index (χ4n) is 4.76. The minimum absolute atomic E-state index is 0.0918. The Balaban J connectivity index is 1.31. The molecule has 1 aliphatic heterocycles. The van der Waals surface area contributed by atoms with Gasteiger partial charge in [-0.1, -0.05) is 35.9 Å². The summed E-state index contributed by atoms with van der Waals surface area (Å²) in [7, 11) is 0. The maximum Gasteiger partial charge on any atom is 0.246 e. The van der Waals surface area contributed by atoms with Gasteiger partial charge in [0.1, 0.15) is 18.7 Å². The number of piperazine rings is 1. The van der Waals surface area contributed by atoms with Gasteiger partial charge in [-0.15, -0.1) is 0 Å². The summed E-state index contributed by atoms with van der Waals surface area (Å²) < 4.78 is 1.65. The van der Waals surface area contributed by atoms with E-state index >= 15 is 0 Å². The van der Waals surface area contributed by atoms with Crippen molar-refractivity contribution in [2.45, 2.75) is 27.3 Å². The highest BCUT2D eigenvalue weighted by atomic mass is 16.2. The van der Waals surface area contributed by atoms with Crippen LogP contribution < -0.4 is 15.1 Å². The second-order valence-corrected chi connectivity index (χ2v) is 8.87. The van der Waals surface area contributed by atoms with Crippen LogP contribution in [0.1, 0.15) is 16.7 Å². The van der Waals surface area contributed by atoms with E-state index in [0.29, 0.717) is 5.65 Å². The van der Waals surface area contributed by atoms with Crippen LogP contribution in [0.2, 0.25) is 0 Å². The Morgan fingerprint density at radius 2 is 1.62 bits per heavy atom. The molecule has 1 fully saturated rings. The molecule has 0 aliphatic carbocycles. The number of amides is 1. The Morgan fingerprint density at radius 3 is 2.32 bits per heavy atom. The van der Waals surface area contributed by atoms with Crippen LogP contribution in [0.25, 0.3) is 11.0 Å². The number of anilines is 3. The van der Waals surface area contributed by atoms with E-state index < -0.39 is 0 Å². The maximum atomic E-state index is 12.8. The number of nitrogens with zero attached hydrogens (tertiary/aromatic N) is 6. The van der Waals surface area contributed by atoms with Crippen LogP contribution in [0, 0.1) is 20.8 Å². The van der Waals surface area contributed by atoms with Gasteiger partial charge in [-0.25, -0.2) is 14.6 Å². The Hall–Kier alpha value is -3.94. The first kappa shape index (κ1) is 21.9. The summed E-state index contributed by atoms with van der Waals surface area (Å²) in [4.78, 5) is 26.5. The molecule has 0 unspecified atom stereocenters. The van der Waals surface area contributed by atoms with Crippen molar-refractivity contribution in [1.29, 1.82) is 0 Å². The number of aryl methyl sites for hydroxylation is 3. The highest BCUT2D eigenvalue weighted by Crippen LogP contribution is 2.26. The molecule has 8 nitrogen and oxygen atoms in total. The molecular formula is C26H29N7O. The number of rotatable bonds is 5. The normalized spacial score (nSPS) is 14.0. The zero-order chi connectivity index (χ0) is 23.7. The van der Waals surface area contributed by atoms with E-state index in [1.54, 1.807) is 17.2 Å². The summed E-state index contributed by atoms with van der Waals surface area (Å²) in [6.07, 6.45) is 3.33. The number of para-hydroxylation sites is 1. The van der Waals surface area contributed by atoms with Gasteiger partial charge in [0.15, 0.2) is 5.65 Å². The van der Waals surface area contributed by atoms with Gasteiger partial charge < -0.3 is 15.1 Å². The lowest BCUT2D eigenvalue weighted by Gasteiger charge is -2.36. The monoisotopic (exact) mass is 455 g/mol.